The monoisotopic (exact) mass is 405 g/mol. The highest BCUT2D eigenvalue weighted by Crippen LogP contribution is 2.35. The van der Waals surface area contributed by atoms with E-state index in [1.807, 2.05) is 24.3 Å². The van der Waals surface area contributed by atoms with Crippen LogP contribution in [0.4, 0.5) is 11.4 Å². The first-order valence-electron chi connectivity index (χ1n) is 10.3. The highest BCUT2D eigenvalue weighted by molar-refractivity contribution is 6.36. The number of methoxy groups -OCH3 is 1. The lowest BCUT2D eigenvalue weighted by Gasteiger charge is -2.32. The molecule has 4 rings (SSSR count). The summed E-state index contributed by atoms with van der Waals surface area (Å²) in [5, 5.41) is 3.18. The fourth-order valence-corrected chi connectivity index (χ4v) is 4.03. The van der Waals surface area contributed by atoms with Gasteiger partial charge in [0, 0.05) is 37.1 Å². The Morgan fingerprint density at radius 1 is 0.967 bits per heavy atom. The van der Waals surface area contributed by atoms with Crippen molar-refractivity contribution in [1.82, 2.24) is 4.90 Å². The first-order chi connectivity index (χ1) is 14.5. The van der Waals surface area contributed by atoms with E-state index in [4.69, 9.17) is 4.74 Å². The standard InChI is InChI=1S/C24H27N3O3/c1-16-12-14-27(15-13-16)18-10-8-17(9-11-18)25-22-21(23(28)26(2)24(22)29)19-6-4-5-7-20(19)30-3/h4-11,16,25H,12-15H2,1-3H3. The smallest absolute Gasteiger partial charge is 0.277 e. The van der Waals surface area contributed by atoms with Crippen LogP contribution in [0.3, 0.4) is 0 Å². The number of rotatable bonds is 5. The summed E-state index contributed by atoms with van der Waals surface area (Å²) in [5.41, 5.74) is 3.14. The van der Waals surface area contributed by atoms with E-state index in [1.54, 1.807) is 19.2 Å². The Hall–Kier alpha value is -3.28. The minimum atomic E-state index is -0.352. The summed E-state index contributed by atoms with van der Waals surface area (Å²) >= 11 is 0. The number of piperidine rings is 1. The first-order valence-corrected chi connectivity index (χ1v) is 10.3. The number of imide groups is 1. The molecule has 0 unspecified atom stereocenters. The largest absolute Gasteiger partial charge is 0.496 e. The fourth-order valence-electron chi connectivity index (χ4n) is 4.03. The normalized spacial score (nSPS) is 17.7. The Balaban J connectivity index is 1.63. The molecule has 156 valence electrons. The number of para-hydroxylation sites is 1. The molecule has 1 fully saturated rings. The number of hydrogen-bond acceptors (Lipinski definition) is 5. The van der Waals surface area contributed by atoms with Gasteiger partial charge in [-0.25, -0.2) is 0 Å². The molecule has 2 amide bonds. The molecule has 0 aromatic heterocycles. The highest BCUT2D eigenvalue weighted by atomic mass is 16.5. The first kappa shape index (κ1) is 20.0. The van der Waals surface area contributed by atoms with Crippen molar-refractivity contribution < 1.29 is 14.3 Å². The summed E-state index contributed by atoms with van der Waals surface area (Å²) in [6.07, 6.45) is 2.41. The van der Waals surface area contributed by atoms with Crippen LogP contribution < -0.4 is 15.0 Å². The van der Waals surface area contributed by atoms with Crippen molar-refractivity contribution in [2.75, 3.05) is 37.5 Å². The summed E-state index contributed by atoms with van der Waals surface area (Å²) in [6.45, 7) is 4.43. The molecule has 6 nitrogen and oxygen atoms in total. The van der Waals surface area contributed by atoms with Crippen molar-refractivity contribution in [3.05, 3.63) is 59.8 Å². The van der Waals surface area contributed by atoms with E-state index in [0.717, 1.165) is 29.6 Å². The quantitative estimate of drug-likeness (QED) is 0.768. The predicted octanol–water partition coefficient (Wildman–Crippen LogP) is 3.75. The van der Waals surface area contributed by atoms with Crippen molar-refractivity contribution in [2.24, 2.45) is 5.92 Å². The number of benzene rings is 2. The summed E-state index contributed by atoms with van der Waals surface area (Å²) < 4.78 is 5.42. The van der Waals surface area contributed by atoms with Gasteiger partial charge >= 0.3 is 0 Å². The number of carbonyl (C=O) groups is 2. The van der Waals surface area contributed by atoms with E-state index in [-0.39, 0.29) is 17.5 Å². The van der Waals surface area contributed by atoms with Gasteiger partial charge in [-0.15, -0.1) is 0 Å². The molecule has 0 aliphatic carbocycles. The summed E-state index contributed by atoms with van der Waals surface area (Å²) in [7, 11) is 3.05. The fraction of sp³-hybridized carbons (Fsp3) is 0.333. The Kier molecular flexibility index (Phi) is 5.48. The molecule has 0 spiro atoms. The van der Waals surface area contributed by atoms with Crippen molar-refractivity contribution in [2.45, 2.75) is 19.8 Å². The minimum Gasteiger partial charge on any atom is -0.496 e. The number of nitrogens with zero attached hydrogens (tertiary/aromatic N) is 2. The van der Waals surface area contributed by atoms with E-state index in [1.165, 1.54) is 25.6 Å². The van der Waals surface area contributed by atoms with E-state index in [2.05, 4.69) is 29.3 Å². The zero-order valence-corrected chi connectivity index (χ0v) is 17.6. The van der Waals surface area contributed by atoms with Crippen LogP contribution >= 0.6 is 0 Å². The molecule has 1 saturated heterocycles. The molecule has 0 radical (unpaired) electrons. The summed E-state index contributed by atoms with van der Waals surface area (Å²) in [6, 6.07) is 15.3. The molecule has 2 heterocycles. The van der Waals surface area contributed by atoms with Crippen molar-refractivity contribution in [3.63, 3.8) is 0 Å². The van der Waals surface area contributed by atoms with E-state index in [9.17, 15) is 9.59 Å². The van der Waals surface area contributed by atoms with Gasteiger partial charge in [-0.3, -0.25) is 14.5 Å². The van der Waals surface area contributed by atoms with Crippen LogP contribution in [0.1, 0.15) is 25.3 Å². The zero-order chi connectivity index (χ0) is 21.3. The molecule has 0 saturated carbocycles. The molecule has 2 aromatic carbocycles. The van der Waals surface area contributed by atoms with Crippen molar-refractivity contribution in [3.8, 4) is 5.75 Å². The Labute approximate surface area is 177 Å². The van der Waals surface area contributed by atoms with Crippen LogP contribution in [0.5, 0.6) is 5.75 Å². The lowest BCUT2D eigenvalue weighted by Crippen LogP contribution is -2.32. The lowest BCUT2D eigenvalue weighted by atomic mass is 9.99. The molecule has 30 heavy (non-hydrogen) atoms. The Morgan fingerprint density at radius 2 is 1.63 bits per heavy atom. The molecule has 0 atom stereocenters. The SMILES string of the molecule is COc1ccccc1C1=C(Nc2ccc(N3CCC(C)CC3)cc2)C(=O)N(C)C1=O. The van der Waals surface area contributed by atoms with E-state index in [0.29, 0.717) is 16.9 Å². The second-order valence-corrected chi connectivity index (χ2v) is 7.96. The zero-order valence-electron chi connectivity index (χ0n) is 17.6. The van der Waals surface area contributed by atoms with Gasteiger partial charge < -0.3 is 15.0 Å². The maximum Gasteiger partial charge on any atom is 0.277 e. The molecule has 6 heteroatoms. The highest BCUT2D eigenvalue weighted by Gasteiger charge is 2.38. The van der Waals surface area contributed by atoms with Gasteiger partial charge in [0.05, 0.1) is 12.7 Å². The third-order valence-electron chi connectivity index (χ3n) is 5.95. The number of ether oxygens (including phenoxy) is 1. The average Bonchev–Trinajstić information content (AvgIpc) is 2.98. The molecule has 0 bridgehead atoms. The summed E-state index contributed by atoms with van der Waals surface area (Å²) in [4.78, 5) is 29.1. The number of anilines is 2. The van der Waals surface area contributed by atoms with Gasteiger partial charge in [-0.1, -0.05) is 25.1 Å². The Bertz CT molecular complexity index is 989. The van der Waals surface area contributed by atoms with Crippen molar-refractivity contribution in [1.29, 1.82) is 0 Å². The Morgan fingerprint density at radius 3 is 2.30 bits per heavy atom. The number of carbonyl (C=O) groups excluding carboxylic acids is 2. The maximum absolute atomic E-state index is 12.8. The molecule has 1 N–H and O–H groups in total. The third kappa shape index (κ3) is 3.65. The van der Waals surface area contributed by atoms with Crippen LogP contribution in [-0.2, 0) is 9.59 Å². The van der Waals surface area contributed by atoms with Gasteiger partial charge in [-0.2, -0.15) is 0 Å². The maximum atomic E-state index is 12.8. The topological polar surface area (TPSA) is 61.9 Å². The lowest BCUT2D eigenvalue weighted by molar-refractivity contribution is -0.135. The second kappa shape index (κ2) is 8.22. The van der Waals surface area contributed by atoms with E-state index < -0.39 is 0 Å². The number of hydrogen-bond donors (Lipinski definition) is 1. The van der Waals surface area contributed by atoms with Gasteiger partial charge in [0.15, 0.2) is 0 Å². The molecule has 2 aliphatic rings. The predicted molar refractivity (Wildman–Crippen MR) is 118 cm³/mol. The van der Waals surface area contributed by atoms with Crippen LogP contribution in [0.2, 0.25) is 0 Å². The number of amides is 2. The van der Waals surface area contributed by atoms with Crippen LogP contribution in [0.25, 0.3) is 5.57 Å². The minimum absolute atomic E-state index is 0.270. The van der Waals surface area contributed by atoms with Crippen LogP contribution in [0, 0.1) is 5.92 Å². The van der Waals surface area contributed by atoms with Gasteiger partial charge in [0.25, 0.3) is 11.8 Å². The molecular weight excluding hydrogens is 378 g/mol. The number of nitrogens with one attached hydrogen (secondary N) is 1. The van der Waals surface area contributed by atoms with Gasteiger partial charge in [-0.05, 0) is 49.1 Å². The van der Waals surface area contributed by atoms with Gasteiger partial charge in [0.1, 0.15) is 11.4 Å². The second-order valence-electron chi connectivity index (χ2n) is 7.96. The third-order valence-corrected chi connectivity index (χ3v) is 5.95. The summed E-state index contributed by atoms with van der Waals surface area (Å²) in [5.74, 6) is 0.643. The van der Waals surface area contributed by atoms with Crippen molar-refractivity contribution >= 4 is 28.8 Å². The van der Waals surface area contributed by atoms with Crippen LogP contribution in [-0.4, -0.2) is 44.0 Å². The van der Waals surface area contributed by atoms with Gasteiger partial charge in [0.2, 0.25) is 0 Å². The van der Waals surface area contributed by atoms with E-state index >= 15 is 0 Å². The molecular formula is C24H27N3O3. The van der Waals surface area contributed by atoms with Crippen LogP contribution in [0.15, 0.2) is 54.2 Å². The average molecular weight is 405 g/mol. The number of likely N-dealkylation sites (N-methyl/N-ethyl adjacent to an activating group) is 1. The molecule has 2 aliphatic heterocycles. The molecule has 2 aromatic rings.